The van der Waals surface area contributed by atoms with Gasteiger partial charge in [-0.25, -0.2) is 0 Å². The SMILES string of the molecule is COCCCOCCOC(=O)C1CNCc2ccccc21. The summed E-state index contributed by atoms with van der Waals surface area (Å²) < 4.78 is 15.6. The van der Waals surface area contributed by atoms with E-state index in [1.54, 1.807) is 7.11 Å². The number of carbonyl (C=O) groups excluding carboxylic acids is 1. The standard InChI is InChI=1S/C16H23NO4/c1-19-7-4-8-20-9-10-21-16(18)15-12-17-11-13-5-2-3-6-14(13)15/h2-3,5-6,15,17H,4,7-12H2,1H3. The molecule has 116 valence electrons. The van der Waals surface area contributed by atoms with Crippen LogP contribution in [0.5, 0.6) is 0 Å². The molecule has 0 radical (unpaired) electrons. The van der Waals surface area contributed by atoms with Crippen molar-refractivity contribution >= 4 is 5.97 Å². The molecular formula is C16H23NO4. The third-order valence-corrected chi connectivity index (χ3v) is 3.49. The topological polar surface area (TPSA) is 56.8 Å². The van der Waals surface area contributed by atoms with Crippen molar-refractivity contribution in [3.05, 3.63) is 35.4 Å². The minimum absolute atomic E-state index is 0.185. The normalized spacial score (nSPS) is 17.3. The molecule has 5 heteroatoms. The molecular weight excluding hydrogens is 270 g/mol. The predicted octanol–water partition coefficient (Wildman–Crippen LogP) is 1.47. The number of hydrogen-bond acceptors (Lipinski definition) is 5. The lowest BCUT2D eigenvalue weighted by Crippen LogP contribution is -2.34. The number of esters is 1. The quantitative estimate of drug-likeness (QED) is 0.581. The molecule has 0 saturated heterocycles. The zero-order valence-corrected chi connectivity index (χ0v) is 12.5. The molecule has 1 aliphatic heterocycles. The van der Waals surface area contributed by atoms with Crippen LogP contribution >= 0.6 is 0 Å². The summed E-state index contributed by atoms with van der Waals surface area (Å²) in [6.07, 6.45) is 0.852. The van der Waals surface area contributed by atoms with Gasteiger partial charge in [-0.3, -0.25) is 4.79 Å². The third kappa shape index (κ3) is 4.81. The highest BCUT2D eigenvalue weighted by atomic mass is 16.6. The molecule has 1 aromatic rings. The van der Waals surface area contributed by atoms with E-state index in [4.69, 9.17) is 14.2 Å². The summed E-state index contributed by atoms with van der Waals surface area (Å²) in [5.41, 5.74) is 2.24. The first-order valence-corrected chi connectivity index (χ1v) is 7.34. The van der Waals surface area contributed by atoms with Crippen LogP contribution in [0.3, 0.4) is 0 Å². The van der Waals surface area contributed by atoms with Gasteiger partial charge in [-0.05, 0) is 17.5 Å². The Balaban J connectivity index is 1.72. The highest BCUT2D eigenvalue weighted by molar-refractivity contribution is 5.79. The Kier molecular flexibility index (Phi) is 6.66. The maximum atomic E-state index is 12.2. The van der Waals surface area contributed by atoms with Crippen molar-refractivity contribution in [2.75, 3.05) is 40.1 Å². The fraction of sp³-hybridized carbons (Fsp3) is 0.562. The van der Waals surface area contributed by atoms with Crippen LogP contribution in [0.4, 0.5) is 0 Å². The number of benzene rings is 1. The Morgan fingerprint density at radius 1 is 1.24 bits per heavy atom. The van der Waals surface area contributed by atoms with Gasteiger partial charge in [-0.2, -0.15) is 0 Å². The van der Waals surface area contributed by atoms with Crippen LogP contribution < -0.4 is 5.32 Å². The van der Waals surface area contributed by atoms with Crippen molar-refractivity contribution in [3.8, 4) is 0 Å². The van der Waals surface area contributed by atoms with Crippen LogP contribution in [-0.2, 0) is 25.5 Å². The average molecular weight is 293 g/mol. The lowest BCUT2D eigenvalue weighted by molar-refractivity contribution is -0.147. The minimum Gasteiger partial charge on any atom is -0.463 e. The molecule has 1 aromatic carbocycles. The Labute approximate surface area is 125 Å². The zero-order valence-electron chi connectivity index (χ0n) is 12.5. The Bertz CT molecular complexity index is 450. The first kappa shape index (κ1) is 15.9. The van der Waals surface area contributed by atoms with Crippen LogP contribution in [0.25, 0.3) is 0 Å². The first-order valence-electron chi connectivity index (χ1n) is 7.34. The van der Waals surface area contributed by atoms with Crippen LogP contribution in [-0.4, -0.2) is 46.1 Å². The largest absolute Gasteiger partial charge is 0.463 e. The summed E-state index contributed by atoms with van der Waals surface area (Å²) >= 11 is 0. The molecule has 0 bridgehead atoms. The predicted molar refractivity (Wildman–Crippen MR) is 79.2 cm³/mol. The van der Waals surface area contributed by atoms with Crippen LogP contribution in [0.2, 0.25) is 0 Å². The maximum absolute atomic E-state index is 12.2. The van der Waals surface area contributed by atoms with Gasteiger partial charge in [0.05, 0.1) is 12.5 Å². The van der Waals surface area contributed by atoms with E-state index < -0.39 is 0 Å². The molecule has 0 saturated carbocycles. The van der Waals surface area contributed by atoms with Crippen molar-refractivity contribution < 1.29 is 19.0 Å². The Morgan fingerprint density at radius 3 is 2.95 bits per heavy atom. The Morgan fingerprint density at radius 2 is 2.10 bits per heavy atom. The highest BCUT2D eigenvalue weighted by Crippen LogP contribution is 2.24. The van der Waals surface area contributed by atoms with Crippen LogP contribution in [0.1, 0.15) is 23.5 Å². The molecule has 0 spiro atoms. The van der Waals surface area contributed by atoms with Gasteiger partial charge in [0.15, 0.2) is 0 Å². The summed E-state index contributed by atoms with van der Waals surface area (Å²) in [5, 5.41) is 3.25. The summed E-state index contributed by atoms with van der Waals surface area (Å²) in [5.74, 6) is -0.404. The molecule has 1 heterocycles. The smallest absolute Gasteiger partial charge is 0.314 e. The van der Waals surface area contributed by atoms with E-state index in [1.807, 2.05) is 24.3 Å². The molecule has 1 N–H and O–H groups in total. The molecule has 0 aromatic heterocycles. The van der Waals surface area contributed by atoms with Gasteiger partial charge in [0, 0.05) is 33.4 Å². The molecule has 5 nitrogen and oxygen atoms in total. The molecule has 0 amide bonds. The van der Waals surface area contributed by atoms with E-state index in [9.17, 15) is 4.79 Å². The van der Waals surface area contributed by atoms with Gasteiger partial charge >= 0.3 is 5.97 Å². The van der Waals surface area contributed by atoms with E-state index in [-0.39, 0.29) is 11.9 Å². The average Bonchev–Trinajstić information content (AvgIpc) is 2.53. The summed E-state index contributed by atoms with van der Waals surface area (Å²) in [6.45, 7) is 3.47. The highest BCUT2D eigenvalue weighted by Gasteiger charge is 2.27. The minimum atomic E-state index is -0.219. The molecule has 2 rings (SSSR count). The van der Waals surface area contributed by atoms with Crippen molar-refractivity contribution in [3.63, 3.8) is 0 Å². The fourth-order valence-electron chi connectivity index (χ4n) is 2.42. The maximum Gasteiger partial charge on any atom is 0.314 e. The summed E-state index contributed by atoms with van der Waals surface area (Å²) in [6, 6.07) is 8.00. The van der Waals surface area contributed by atoms with Crippen molar-refractivity contribution in [2.24, 2.45) is 0 Å². The van der Waals surface area contributed by atoms with Gasteiger partial charge in [0.1, 0.15) is 6.61 Å². The number of fused-ring (bicyclic) bond motifs is 1. The monoisotopic (exact) mass is 293 g/mol. The molecule has 0 aliphatic carbocycles. The molecule has 1 unspecified atom stereocenters. The number of carbonyl (C=O) groups is 1. The van der Waals surface area contributed by atoms with Gasteiger partial charge < -0.3 is 19.5 Å². The Hall–Kier alpha value is -1.43. The lowest BCUT2D eigenvalue weighted by Gasteiger charge is -2.24. The van der Waals surface area contributed by atoms with Gasteiger partial charge in [-0.15, -0.1) is 0 Å². The molecule has 1 aliphatic rings. The lowest BCUT2D eigenvalue weighted by atomic mass is 9.91. The number of methoxy groups -OCH3 is 1. The number of nitrogens with one attached hydrogen (secondary N) is 1. The van der Waals surface area contributed by atoms with Crippen LogP contribution in [0, 0.1) is 0 Å². The van der Waals surface area contributed by atoms with E-state index in [0.29, 0.717) is 33.0 Å². The van der Waals surface area contributed by atoms with Gasteiger partial charge in [-0.1, -0.05) is 24.3 Å². The number of hydrogen-bond donors (Lipinski definition) is 1. The van der Waals surface area contributed by atoms with Gasteiger partial charge in [0.25, 0.3) is 0 Å². The summed E-state index contributed by atoms with van der Waals surface area (Å²) in [7, 11) is 1.66. The first-order chi connectivity index (χ1) is 10.3. The van der Waals surface area contributed by atoms with E-state index in [1.165, 1.54) is 5.56 Å². The third-order valence-electron chi connectivity index (χ3n) is 3.49. The fourth-order valence-corrected chi connectivity index (χ4v) is 2.42. The van der Waals surface area contributed by atoms with E-state index in [2.05, 4.69) is 5.32 Å². The number of rotatable bonds is 8. The molecule has 21 heavy (non-hydrogen) atoms. The second-order valence-corrected chi connectivity index (χ2v) is 5.01. The van der Waals surface area contributed by atoms with Crippen LogP contribution in [0.15, 0.2) is 24.3 Å². The molecule has 0 fully saturated rings. The second kappa shape index (κ2) is 8.77. The van der Waals surface area contributed by atoms with E-state index in [0.717, 1.165) is 18.5 Å². The van der Waals surface area contributed by atoms with Crippen molar-refractivity contribution in [1.29, 1.82) is 0 Å². The van der Waals surface area contributed by atoms with E-state index >= 15 is 0 Å². The van der Waals surface area contributed by atoms with Crippen molar-refractivity contribution in [1.82, 2.24) is 5.32 Å². The van der Waals surface area contributed by atoms with Gasteiger partial charge in [0.2, 0.25) is 0 Å². The number of ether oxygens (including phenoxy) is 3. The zero-order chi connectivity index (χ0) is 14.9. The van der Waals surface area contributed by atoms with Crippen molar-refractivity contribution in [2.45, 2.75) is 18.9 Å². The second-order valence-electron chi connectivity index (χ2n) is 5.01. The molecule has 1 atom stereocenters. The summed E-state index contributed by atoms with van der Waals surface area (Å²) in [4.78, 5) is 12.2.